The van der Waals surface area contributed by atoms with Crippen molar-refractivity contribution >= 4 is 0 Å². The highest BCUT2D eigenvalue weighted by atomic mass is 15.2. The Morgan fingerprint density at radius 3 is 2.83 bits per heavy atom. The molecule has 1 fully saturated rings. The zero-order valence-corrected chi connectivity index (χ0v) is 11.7. The standard InChI is InChI=1S/C14H26N4/c1-3-17-12-16-11-14(17)10-15-9-13(2)18-7-5-4-6-8-18/h11-13,15H,3-10H2,1-2H3. The predicted octanol–water partition coefficient (Wildman–Crippen LogP) is 1.87. The number of nitrogens with zero attached hydrogens (tertiary/aromatic N) is 3. The number of piperidine rings is 1. The van der Waals surface area contributed by atoms with Gasteiger partial charge in [-0.15, -0.1) is 0 Å². The molecule has 1 atom stereocenters. The van der Waals surface area contributed by atoms with Crippen LogP contribution < -0.4 is 5.32 Å². The number of hydrogen-bond donors (Lipinski definition) is 1. The first-order valence-corrected chi connectivity index (χ1v) is 7.25. The second-order valence-corrected chi connectivity index (χ2v) is 5.25. The zero-order chi connectivity index (χ0) is 12.8. The van der Waals surface area contributed by atoms with Crippen LogP contribution in [-0.2, 0) is 13.1 Å². The van der Waals surface area contributed by atoms with Gasteiger partial charge in [-0.05, 0) is 39.8 Å². The molecule has 0 bridgehead atoms. The zero-order valence-electron chi connectivity index (χ0n) is 11.7. The first-order valence-electron chi connectivity index (χ1n) is 7.25. The summed E-state index contributed by atoms with van der Waals surface area (Å²) in [5.74, 6) is 0. The summed E-state index contributed by atoms with van der Waals surface area (Å²) in [5.41, 5.74) is 1.28. The van der Waals surface area contributed by atoms with E-state index in [9.17, 15) is 0 Å². The summed E-state index contributed by atoms with van der Waals surface area (Å²) >= 11 is 0. The summed E-state index contributed by atoms with van der Waals surface area (Å²) in [4.78, 5) is 6.80. The third-order valence-electron chi connectivity index (χ3n) is 3.90. The monoisotopic (exact) mass is 250 g/mol. The largest absolute Gasteiger partial charge is 0.334 e. The van der Waals surface area contributed by atoms with Crippen molar-refractivity contribution in [2.45, 2.75) is 52.2 Å². The van der Waals surface area contributed by atoms with Gasteiger partial charge in [0.2, 0.25) is 0 Å². The molecule has 4 nitrogen and oxygen atoms in total. The van der Waals surface area contributed by atoms with Crippen LogP contribution in [0.2, 0.25) is 0 Å². The van der Waals surface area contributed by atoms with E-state index in [0.717, 1.165) is 19.6 Å². The van der Waals surface area contributed by atoms with Gasteiger partial charge in [0.25, 0.3) is 0 Å². The first kappa shape index (κ1) is 13.6. The van der Waals surface area contributed by atoms with Crippen LogP contribution in [0.5, 0.6) is 0 Å². The van der Waals surface area contributed by atoms with Gasteiger partial charge in [-0.3, -0.25) is 4.90 Å². The van der Waals surface area contributed by atoms with E-state index < -0.39 is 0 Å². The Bertz CT molecular complexity index is 341. The van der Waals surface area contributed by atoms with Crippen molar-refractivity contribution in [3.8, 4) is 0 Å². The van der Waals surface area contributed by atoms with E-state index in [1.807, 2.05) is 12.5 Å². The summed E-state index contributed by atoms with van der Waals surface area (Å²) < 4.78 is 2.19. The Hall–Kier alpha value is -0.870. The molecule has 0 amide bonds. The van der Waals surface area contributed by atoms with Gasteiger partial charge in [0.1, 0.15) is 0 Å². The fraction of sp³-hybridized carbons (Fsp3) is 0.786. The number of likely N-dealkylation sites (tertiary alicyclic amines) is 1. The fourth-order valence-electron chi connectivity index (χ4n) is 2.68. The molecule has 2 heterocycles. The minimum atomic E-state index is 0.642. The third kappa shape index (κ3) is 3.56. The minimum Gasteiger partial charge on any atom is -0.334 e. The lowest BCUT2D eigenvalue weighted by atomic mass is 10.1. The molecule has 1 aromatic rings. The van der Waals surface area contributed by atoms with Crippen molar-refractivity contribution < 1.29 is 0 Å². The lowest BCUT2D eigenvalue weighted by Crippen LogP contribution is -2.43. The van der Waals surface area contributed by atoms with E-state index in [4.69, 9.17) is 0 Å². The molecule has 0 aliphatic carbocycles. The van der Waals surface area contributed by atoms with E-state index in [-0.39, 0.29) is 0 Å². The topological polar surface area (TPSA) is 33.1 Å². The van der Waals surface area contributed by atoms with Crippen LogP contribution in [0.1, 0.15) is 38.8 Å². The molecule has 1 aromatic heterocycles. The predicted molar refractivity (Wildman–Crippen MR) is 74.5 cm³/mol. The van der Waals surface area contributed by atoms with Crippen LogP contribution >= 0.6 is 0 Å². The molecule has 1 aliphatic rings. The van der Waals surface area contributed by atoms with Crippen molar-refractivity contribution in [1.29, 1.82) is 0 Å². The van der Waals surface area contributed by atoms with Gasteiger partial charge in [-0.25, -0.2) is 4.98 Å². The molecule has 4 heteroatoms. The molecule has 0 aromatic carbocycles. The van der Waals surface area contributed by atoms with Gasteiger partial charge < -0.3 is 9.88 Å². The molecular weight excluding hydrogens is 224 g/mol. The van der Waals surface area contributed by atoms with Gasteiger partial charge in [0, 0.05) is 31.9 Å². The van der Waals surface area contributed by atoms with Crippen molar-refractivity contribution in [2.24, 2.45) is 0 Å². The summed E-state index contributed by atoms with van der Waals surface area (Å²) in [6, 6.07) is 0.642. The highest BCUT2D eigenvalue weighted by Gasteiger charge is 2.16. The molecular formula is C14H26N4. The van der Waals surface area contributed by atoms with Crippen LogP contribution in [0.3, 0.4) is 0 Å². The Balaban J connectivity index is 1.71. The number of nitrogens with one attached hydrogen (secondary N) is 1. The van der Waals surface area contributed by atoms with Crippen LogP contribution in [0.15, 0.2) is 12.5 Å². The maximum atomic E-state index is 4.19. The van der Waals surface area contributed by atoms with E-state index >= 15 is 0 Å². The average Bonchev–Trinajstić information content (AvgIpc) is 2.87. The number of hydrogen-bond acceptors (Lipinski definition) is 3. The van der Waals surface area contributed by atoms with Crippen molar-refractivity contribution in [2.75, 3.05) is 19.6 Å². The summed E-state index contributed by atoms with van der Waals surface area (Å²) in [6.07, 6.45) is 8.01. The van der Waals surface area contributed by atoms with Crippen LogP contribution in [0.4, 0.5) is 0 Å². The highest BCUT2D eigenvalue weighted by Crippen LogP contribution is 2.11. The molecule has 2 rings (SSSR count). The minimum absolute atomic E-state index is 0.642. The molecule has 1 unspecified atom stereocenters. The van der Waals surface area contributed by atoms with Gasteiger partial charge in [-0.1, -0.05) is 6.42 Å². The van der Waals surface area contributed by atoms with E-state index in [1.54, 1.807) is 0 Å². The number of imidazole rings is 1. The highest BCUT2D eigenvalue weighted by molar-refractivity contribution is 4.97. The van der Waals surface area contributed by atoms with Crippen LogP contribution in [-0.4, -0.2) is 40.1 Å². The molecule has 1 saturated heterocycles. The molecule has 18 heavy (non-hydrogen) atoms. The van der Waals surface area contributed by atoms with E-state index in [0.29, 0.717) is 6.04 Å². The van der Waals surface area contributed by atoms with Crippen LogP contribution in [0.25, 0.3) is 0 Å². The molecule has 102 valence electrons. The number of aromatic nitrogens is 2. The van der Waals surface area contributed by atoms with E-state index in [2.05, 4.69) is 33.6 Å². The Labute approximate surface area is 110 Å². The summed E-state index contributed by atoms with van der Waals surface area (Å²) in [7, 11) is 0. The normalized spacial score (nSPS) is 19.0. The second-order valence-electron chi connectivity index (χ2n) is 5.25. The number of rotatable bonds is 6. The SMILES string of the molecule is CCn1cncc1CNCC(C)N1CCCCC1. The second kappa shape index (κ2) is 6.90. The lowest BCUT2D eigenvalue weighted by molar-refractivity contribution is 0.170. The molecule has 0 spiro atoms. The van der Waals surface area contributed by atoms with Gasteiger partial charge in [0.15, 0.2) is 0 Å². The Morgan fingerprint density at radius 2 is 2.11 bits per heavy atom. The van der Waals surface area contributed by atoms with Crippen LogP contribution in [0, 0.1) is 0 Å². The molecule has 0 saturated carbocycles. The maximum Gasteiger partial charge on any atom is 0.0948 e. The maximum absolute atomic E-state index is 4.19. The van der Waals surface area contributed by atoms with Gasteiger partial charge in [-0.2, -0.15) is 0 Å². The third-order valence-corrected chi connectivity index (χ3v) is 3.90. The number of aryl methyl sites for hydroxylation is 1. The Morgan fingerprint density at radius 1 is 1.33 bits per heavy atom. The smallest absolute Gasteiger partial charge is 0.0948 e. The Kier molecular flexibility index (Phi) is 5.20. The van der Waals surface area contributed by atoms with Crippen molar-refractivity contribution in [3.05, 3.63) is 18.2 Å². The van der Waals surface area contributed by atoms with Gasteiger partial charge >= 0.3 is 0 Å². The molecule has 0 radical (unpaired) electrons. The first-order chi connectivity index (χ1) is 8.81. The van der Waals surface area contributed by atoms with Gasteiger partial charge in [0.05, 0.1) is 12.0 Å². The summed E-state index contributed by atoms with van der Waals surface area (Å²) in [5, 5.41) is 3.56. The molecule has 1 aliphatic heterocycles. The summed E-state index contributed by atoms with van der Waals surface area (Å²) in [6.45, 7) is 10.0. The van der Waals surface area contributed by atoms with E-state index in [1.165, 1.54) is 38.0 Å². The van der Waals surface area contributed by atoms with Crippen molar-refractivity contribution in [3.63, 3.8) is 0 Å². The quantitative estimate of drug-likeness (QED) is 0.836. The molecule has 1 N–H and O–H groups in total. The fourth-order valence-corrected chi connectivity index (χ4v) is 2.68. The lowest BCUT2D eigenvalue weighted by Gasteiger charge is -2.32. The average molecular weight is 250 g/mol. The van der Waals surface area contributed by atoms with Crippen molar-refractivity contribution in [1.82, 2.24) is 19.8 Å².